The lowest BCUT2D eigenvalue weighted by molar-refractivity contribution is -0.200. The highest BCUT2D eigenvalue weighted by atomic mass is 19.4. The Kier molecular flexibility index (Phi) is 11.2. The third kappa shape index (κ3) is 10.8. The van der Waals surface area contributed by atoms with Crippen molar-refractivity contribution < 1.29 is 55.6 Å². The van der Waals surface area contributed by atoms with Crippen LogP contribution in [0, 0.1) is 6.92 Å². The van der Waals surface area contributed by atoms with Crippen LogP contribution in [0.5, 0.6) is 0 Å². The molecule has 0 aliphatic carbocycles. The molecule has 1 atom stereocenters. The maximum Gasteiger partial charge on any atom is 0.490 e. The Morgan fingerprint density at radius 3 is 2.15 bits per heavy atom. The highest BCUT2D eigenvalue weighted by molar-refractivity contribution is 5.73. The Hall–Kier alpha value is -3.30. The van der Waals surface area contributed by atoms with E-state index in [2.05, 4.69) is 27.9 Å². The standard InChI is InChI=1S/C20H25N3O2.2C2HF3O2/c1-16-4-7-22-11-18(16)13-24-19-5-8-25-20(9-19)14-23(15-20)12-17-3-2-6-21-10-17;2*3-2(4,5)1(6)7/h2-4,6-7,10-11,19H,5,8-9,12-15H2,1H3;2*(H,6,7). The molecule has 0 aromatic carbocycles. The summed E-state index contributed by atoms with van der Waals surface area (Å²) < 4.78 is 75.8. The summed E-state index contributed by atoms with van der Waals surface area (Å²) in [6, 6.07) is 6.15. The van der Waals surface area contributed by atoms with Gasteiger partial charge in [0.15, 0.2) is 0 Å². The van der Waals surface area contributed by atoms with E-state index in [1.54, 1.807) is 0 Å². The normalized spacial score (nSPS) is 18.6. The topological polar surface area (TPSA) is 122 Å². The highest BCUT2D eigenvalue weighted by Crippen LogP contribution is 2.36. The van der Waals surface area contributed by atoms with Crippen molar-refractivity contribution in [1.82, 2.24) is 14.9 Å². The number of nitrogens with zero attached hydrogens (tertiary/aromatic N) is 3. The quantitative estimate of drug-likeness (QED) is 0.517. The van der Waals surface area contributed by atoms with Crippen LogP contribution in [0.4, 0.5) is 26.3 Å². The number of rotatable bonds is 5. The number of carboxylic acids is 2. The number of aromatic nitrogens is 2. The Labute approximate surface area is 219 Å². The summed E-state index contributed by atoms with van der Waals surface area (Å²) in [5.41, 5.74) is 3.65. The molecule has 2 aliphatic rings. The Bertz CT molecular complexity index is 1050. The first-order chi connectivity index (χ1) is 18.1. The van der Waals surface area contributed by atoms with Gasteiger partial charge in [0.1, 0.15) is 0 Å². The molecule has 1 spiro atoms. The van der Waals surface area contributed by atoms with Crippen LogP contribution in [0.15, 0.2) is 43.0 Å². The zero-order valence-electron chi connectivity index (χ0n) is 20.7. The van der Waals surface area contributed by atoms with Crippen LogP contribution in [0.25, 0.3) is 0 Å². The monoisotopic (exact) mass is 567 g/mol. The molecule has 2 aliphatic heterocycles. The van der Waals surface area contributed by atoms with E-state index in [1.807, 2.05) is 36.9 Å². The van der Waals surface area contributed by atoms with Gasteiger partial charge in [0.25, 0.3) is 0 Å². The lowest BCUT2D eigenvalue weighted by Crippen LogP contribution is -2.65. The van der Waals surface area contributed by atoms with Crippen molar-refractivity contribution >= 4 is 11.9 Å². The van der Waals surface area contributed by atoms with Crippen molar-refractivity contribution in [2.24, 2.45) is 0 Å². The summed E-state index contributed by atoms with van der Waals surface area (Å²) in [4.78, 5) is 28.6. The fourth-order valence-corrected chi connectivity index (χ4v) is 3.83. The number of ether oxygens (including phenoxy) is 2. The molecule has 0 saturated carbocycles. The number of hydrogen-bond acceptors (Lipinski definition) is 7. The fraction of sp³-hybridized carbons (Fsp3) is 0.500. The van der Waals surface area contributed by atoms with Crippen molar-refractivity contribution in [3.8, 4) is 0 Å². The van der Waals surface area contributed by atoms with Gasteiger partial charge in [-0.05, 0) is 42.2 Å². The van der Waals surface area contributed by atoms with Gasteiger partial charge in [-0.15, -0.1) is 0 Å². The van der Waals surface area contributed by atoms with E-state index in [4.69, 9.17) is 29.3 Å². The molecule has 15 heteroatoms. The van der Waals surface area contributed by atoms with E-state index in [-0.39, 0.29) is 11.7 Å². The number of aliphatic carboxylic acids is 2. The number of carbonyl (C=O) groups is 2. The number of alkyl halides is 6. The van der Waals surface area contributed by atoms with Crippen molar-refractivity contribution in [3.63, 3.8) is 0 Å². The Morgan fingerprint density at radius 2 is 1.64 bits per heavy atom. The second-order valence-corrected chi connectivity index (χ2v) is 8.87. The number of aryl methyl sites for hydroxylation is 1. The van der Waals surface area contributed by atoms with E-state index < -0.39 is 24.3 Å². The largest absolute Gasteiger partial charge is 0.490 e. The zero-order valence-corrected chi connectivity index (χ0v) is 20.7. The van der Waals surface area contributed by atoms with E-state index in [0.29, 0.717) is 6.61 Å². The molecule has 2 N–H and O–H groups in total. The minimum absolute atomic E-state index is 0.0187. The minimum Gasteiger partial charge on any atom is -0.475 e. The van der Waals surface area contributed by atoms with Crippen LogP contribution in [-0.2, 0) is 32.2 Å². The third-order valence-corrected chi connectivity index (χ3v) is 5.71. The van der Waals surface area contributed by atoms with Gasteiger partial charge in [0.2, 0.25) is 0 Å². The van der Waals surface area contributed by atoms with Gasteiger partial charge in [0, 0.05) is 57.4 Å². The van der Waals surface area contributed by atoms with Crippen LogP contribution in [-0.4, -0.2) is 80.8 Å². The van der Waals surface area contributed by atoms with E-state index in [0.717, 1.165) is 39.1 Å². The van der Waals surface area contributed by atoms with Crippen LogP contribution in [0.3, 0.4) is 0 Å². The van der Waals surface area contributed by atoms with E-state index >= 15 is 0 Å². The smallest absolute Gasteiger partial charge is 0.475 e. The van der Waals surface area contributed by atoms with Crippen LogP contribution >= 0.6 is 0 Å². The van der Waals surface area contributed by atoms with Gasteiger partial charge in [-0.25, -0.2) is 9.59 Å². The second kappa shape index (κ2) is 13.7. The van der Waals surface area contributed by atoms with Gasteiger partial charge in [-0.1, -0.05) is 6.07 Å². The molecule has 0 bridgehead atoms. The molecule has 0 amide bonds. The summed E-state index contributed by atoms with van der Waals surface area (Å²) in [6.07, 6.45) is -0.448. The molecular formula is C24H27F6N3O6. The second-order valence-electron chi connectivity index (χ2n) is 8.87. The van der Waals surface area contributed by atoms with Crippen LogP contribution < -0.4 is 0 Å². The van der Waals surface area contributed by atoms with Gasteiger partial charge < -0.3 is 19.7 Å². The molecule has 39 heavy (non-hydrogen) atoms. The number of likely N-dealkylation sites (tertiary alicyclic amines) is 1. The molecule has 1 unspecified atom stereocenters. The summed E-state index contributed by atoms with van der Waals surface area (Å²) in [6.45, 7) is 6.44. The van der Waals surface area contributed by atoms with Gasteiger partial charge >= 0.3 is 24.3 Å². The predicted molar refractivity (Wildman–Crippen MR) is 122 cm³/mol. The van der Waals surface area contributed by atoms with Crippen LogP contribution in [0.2, 0.25) is 0 Å². The van der Waals surface area contributed by atoms with Crippen LogP contribution in [0.1, 0.15) is 29.5 Å². The molecule has 2 aromatic rings. The molecular weight excluding hydrogens is 540 g/mol. The van der Waals surface area contributed by atoms with Crippen molar-refractivity contribution in [2.45, 2.75) is 57.0 Å². The van der Waals surface area contributed by atoms with Crippen molar-refractivity contribution in [2.75, 3.05) is 19.7 Å². The van der Waals surface area contributed by atoms with Crippen molar-refractivity contribution in [1.29, 1.82) is 0 Å². The lowest BCUT2D eigenvalue weighted by atomic mass is 9.84. The number of hydrogen-bond donors (Lipinski definition) is 2. The van der Waals surface area contributed by atoms with Gasteiger partial charge in [-0.2, -0.15) is 26.3 Å². The maximum absolute atomic E-state index is 10.6. The molecule has 4 heterocycles. The fourth-order valence-electron chi connectivity index (χ4n) is 3.83. The first kappa shape index (κ1) is 31.9. The van der Waals surface area contributed by atoms with E-state index in [9.17, 15) is 26.3 Å². The van der Waals surface area contributed by atoms with Crippen molar-refractivity contribution in [3.05, 3.63) is 59.7 Å². The predicted octanol–water partition coefficient (Wildman–Crippen LogP) is 4.00. The molecule has 9 nitrogen and oxygen atoms in total. The summed E-state index contributed by atoms with van der Waals surface area (Å²) in [7, 11) is 0. The maximum atomic E-state index is 10.6. The van der Waals surface area contributed by atoms with Gasteiger partial charge in [0.05, 0.1) is 18.3 Å². The van der Waals surface area contributed by atoms with Gasteiger partial charge in [-0.3, -0.25) is 14.9 Å². The summed E-state index contributed by atoms with van der Waals surface area (Å²) in [5, 5.41) is 14.2. The Morgan fingerprint density at radius 1 is 1.05 bits per heavy atom. The zero-order chi connectivity index (χ0) is 29.3. The molecule has 2 aromatic heterocycles. The molecule has 2 saturated heterocycles. The van der Waals surface area contributed by atoms with E-state index in [1.165, 1.54) is 16.7 Å². The molecule has 0 radical (unpaired) electrons. The summed E-state index contributed by atoms with van der Waals surface area (Å²) >= 11 is 0. The third-order valence-electron chi connectivity index (χ3n) is 5.71. The summed E-state index contributed by atoms with van der Waals surface area (Å²) in [5.74, 6) is -5.51. The number of pyridine rings is 2. The first-order valence-electron chi connectivity index (χ1n) is 11.5. The highest BCUT2D eigenvalue weighted by Gasteiger charge is 2.47. The average Bonchev–Trinajstić information content (AvgIpc) is 2.83. The molecule has 2 fully saturated rings. The number of carboxylic acid groups (broad SMARTS) is 2. The number of halogens is 6. The average molecular weight is 567 g/mol. The first-order valence-corrected chi connectivity index (χ1v) is 11.5. The SMILES string of the molecule is Cc1ccncc1COC1CCOC2(C1)CN(Cc1cccnc1)C2.O=C(O)C(F)(F)F.O=C(O)C(F)(F)F. The molecule has 4 rings (SSSR count). The Balaban J connectivity index is 0.000000317. The lowest BCUT2D eigenvalue weighted by Gasteiger charge is -2.53. The minimum atomic E-state index is -5.08. The molecule has 216 valence electrons.